The predicted molar refractivity (Wildman–Crippen MR) is 93.1 cm³/mol. The molecule has 2 aliphatic rings. The van der Waals surface area contributed by atoms with Gasteiger partial charge >= 0.3 is 6.03 Å². The van der Waals surface area contributed by atoms with Crippen molar-refractivity contribution in [2.45, 2.75) is 32.4 Å². The number of piperazine rings is 1. The molecule has 26 heavy (non-hydrogen) atoms. The lowest BCUT2D eigenvalue weighted by Crippen LogP contribution is -2.52. The average molecular weight is 355 g/mol. The predicted octanol–water partition coefficient (Wildman–Crippen LogP) is 1.60. The summed E-state index contributed by atoms with van der Waals surface area (Å²) in [7, 11) is 0. The maximum Gasteiger partial charge on any atom is 0.324 e. The van der Waals surface area contributed by atoms with Gasteiger partial charge in [0.1, 0.15) is 6.04 Å². The zero-order valence-electron chi connectivity index (χ0n) is 14.8. The van der Waals surface area contributed by atoms with Crippen molar-refractivity contribution in [1.29, 1.82) is 0 Å². The third-order valence-electron chi connectivity index (χ3n) is 4.92. The molecule has 0 spiro atoms. The summed E-state index contributed by atoms with van der Waals surface area (Å²) in [5, 5.41) is 6.41. The summed E-state index contributed by atoms with van der Waals surface area (Å²) < 4.78 is 5.37. The van der Waals surface area contributed by atoms with Gasteiger partial charge in [0.2, 0.25) is 11.7 Å². The van der Waals surface area contributed by atoms with Gasteiger partial charge in [0.05, 0.1) is 6.54 Å². The molecule has 1 unspecified atom stereocenters. The van der Waals surface area contributed by atoms with Crippen LogP contribution in [0.5, 0.6) is 0 Å². The molecule has 2 aliphatic heterocycles. The Morgan fingerprint density at radius 1 is 1.23 bits per heavy atom. The first-order chi connectivity index (χ1) is 12.5. The van der Waals surface area contributed by atoms with Crippen LogP contribution in [0.1, 0.15) is 31.2 Å². The Hall–Kier alpha value is -2.74. The standard InChI is InChI=1S/C18H21N5O3/c1-11(2)12-3-5-13(6-4-12)16-19-15(26-21-16)10-22-7-8-23-14(9-22)17(24)20-18(23)25/h3-6,11,14H,7-10H2,1-2H3,(H,20,24,25). The Labute approximate surface area is 151 Å². The number of amides is 3. The molecule has 2 saturated heterocycles. The second-order valence-corrected chi connectivity index (χ2v) is 7.03. The Morgan fingerprint density at radius 2 is 2.00 bits per heavy atom. The van der Waals surface area contributed by atoms with Crippen molar-refractivity contribution in [3.63, 3.8) is 0 Å². The lowest BCUT2D eigenvalue weighted by atomic mass is 10.0. The lowest BCUT2D eigenvalue weighted by Gasteiger charge is -2.34. The molecule has 1 aromatic heterocycles. The van der Waals surface area contributed by atoms with Gasteiger partial charge in [0, 0.05) is 25.2 Å². The molecule has 0 bridgehead atoms. The number of nitrogens with one attached hydrogen (secondary N) is 1. The van der Waals surface area contributed by atoms with Crippen LogP contribution in [0.2, 0.25) is 0 Å². The SMILES string of the molecule is CC(C)c1ccc(-c2noc(CN3CCN4C(=O)NC(=O)C4C3)n2)cc1. The normalized spacial score (nSPS) is 20.6. The number of benzene rings is 1. The van der Waals surface area contributed by atoms with Crippen LogP contribution in [0.25, 0.3) is 11.4 Å². The molecular formula is C18H21N5O3. The first-order valence-electron chi connectivity index (χ1n) is 8.78. The van der Waals surface area contributed by atoms with Crippen LogP contribution in [0, 0.1) is 0 Å². The van der Waals surface area contributed by atoms with E-state index in [1.807, 2.05) is 12.1 Å². The van der Waals surface area contributed by atoms with Crippen molar-refractivity contribution in [3.05, 3.63) is 35.7 Å². The molecule has 2 aromatic rings. The van der Waals surface area contributed by atoms with Crippen molar-refractivity contribution >= 4 is 11.9 Å². The quantitative estimate of drug-likeness (QED) is 0.838. The molecule has 8 nitrogen and oxygen atoms in total. The largest absolute Gasteiger partial charge is 0.338 e. The van der Waals surface area contributed by atoms with Gasteiger partial charge in [-0.05, 0) is 11.5 Å². The van der Waals surface area contributed by atoms with Crippen LogP contribution >= 0.6 is 0 Å². The summed E-state index contributed by atoms with van der Waals surface area (Å²) in [6, 6.07) is 7.41. The second-order valence-electron chi connectivity index (χ2n) is 7.03. The highest BCUT2D eigenvalue weighted by atomic mass is 16.5. The van der Waals surface area contributed by atoms with Crippen molar-refractivity contribution in [3.8, 4) is 11.4 Å². The minimum absolute atomic E-state index is 0.240. The summed E-state index contributed by atoms with van der Waals surface area (Å²) in [6.45, 7) is 6.41. The van der Waals surface area contributed by atoms with Crippen molar-refractivity contribution < 1.29 is 14.1 Å². The summed E-state index contributed by atoms with van der Waals surface area (Å²) in [6.07, 6.45) is 0. The molecule has 0 saturated carbocycles. The Morgan fingerprint density at radius 3 is 2.73 bits per heavy atom. The number of fused-ring (bicyclic) bond motifs is 1. The number of hydrogen-bond acceptors (Lipinski definition) is 6. The summed E-state index contributed by atoms with van der Waals surface area (Å²) in [4.78, 5) is 31.6. The Kier molecular flexibility index (Phi) is 4.20. The van der Waals surface area contributed by atoms with E-state index in [0.717, 1.165) is 5.56 Å². The van der Waals surface area contributed by atoms with E-state index in [1.54, 1.807) is 4.90 Å². The van der Waals surface area contributed by atoms with Gasteiger partial charge in [-0.3, -0.25) is 15.0 Å². The number of carbonyl (C=O) groups excluding carboxylic acids is 2. The van der Waals surface area contributed by atoms with Crippen LogP contribution in [-0.2, 0) is 11.3 Å². The minimum atomic E-state index is -0.429. The van der Waals surface area contributed by atoms with E-state index in [9.17, 15) is 9.59 Å². The smallest absolute Gasteiger partial charge is 0.324 e. The van der Waals surface area contributed by atoms with Crippen molar-refractivity contribution in [2.75, 3.05) is 19.6 Å². The number of nitrogens with zero attached hydrogens (tertiary/aromatic N) is 4. The molecule has 4 rings (SSSR count). The number of imide groups is 1. The van der Waals surface area contributed by atoms with Crippen LogP contribution in [0.4, 0.5) is 4.79 Å². The fourth-order valence-corrected chi connectivity index (χ4v) is 3.36. The molecule has 3 amide bonds. The third-order valence-corrected chi connectivity index (χ3v) is 4.92. The van der Waals surface area contributed by atoms with Crippen LogP contribution in [0.15, 0.2) is 28.8 Å². The van der Waals surface area contributed by atoms with Crippen LogP contribution in [0.3, 0.4) is 0 Å². The first-order valence-corrected chi connectivity index (χ1v) is 8.78. The second kappa shape index (κ2) is 6.53. The molecule has 1 aromatic carbocycles. The van der Waals surface area contributed by atoms with Gasteiger partial charge in [0.25, 0.3) is 5.91 Å². The highest BCUT2D eigenvalue weighted by molar-refractivity contribution is 6.04. The maximum absolute atomic E-state index is 11.8. The van der Waals surface area contributed by atoms with Gasteiger partial charge < -0.3 is 9.42 Å². The van der Waals surface area contributed by atoms with E-state index in [4.69, 9.17) is 4.52 Å². The van der Waals surface area contributed by atoms with E-state index in [-0.39, 0.29) is 11.9 Å². The highest BCUT2D eigenvalue weighted by Crippen LogP contribution is 2.22. The number of rotatable bonds is 4. The van der Waals surface area contributed by atoms with Crippen LogP contribution < -0.4 is 5.32 Å². The molecule has 1 N–H and O–H groups in total. The van der Waals surface area contributed by atoms with Gasteiger partial charge in [0.15, 0.2) is 0 Å². The van der Waals surface area contributed by atoms with E-state index in [1.165, 1.54) is 5.56 Å². The molecule has 1 atom stereocenters. The fourth-order valence-electron chi connectivity index (χ4n) is 3.36. The Balaban J connectivity index is 1.42. The monoisotopic (exact) mass is 355 g/mol. The van der Waals surface area contributed by atoms with E-state index in [0.29, 0.717) is 43.8 Å². The first kappa shape index (κ1) is 16.7. The molecule has 0 radical (unpaired) electrons. The summed E-state index contributed by atoms with van der Waals surface area (Å²) in [5.74, 6) is 1.30. The number of carbonyl (C=O) groups is 2. The molecular weight excluding hydrogens is 334 g/mol. The highest BCUT2D eigenvalue weighted by Gasteiger charge is 2.42. The third kappa shape index (κ3) is 3.08. The molecule has 136 valence electrons. The minimum Gasteiger partial charge on any atom is -0.338 e. The van der Waals surface area contributed by atoms with Gasteiger partial charge in [-0.15, -0.1) is 0 Å². The Bertz CT molecular complexity index is 830. The van der Waals surface area contributed by atoms with Gasteiger partial charge in [-0.2, -0.15) is 4.98 Å². The van der Waals surface area contributed by atoms with Crippen molar-refractivity contribution in [1.82, 2.24) is 25.3 Å². The molecule has 0 aliphatic carbocycles. The molecule has 3 heterocycles. The van der Waals surface area contributed by atoms with E-state index in [2.05, 4.69) is 46.3 Å². The molecule has 8 heteroatoms. The number of urea groups is 1. The average Bonchev–Trinajstić information content (AvgIpc) is 3.20. The number of hydrogen-bond donors (Lipinski definition) is 1. The summed E-state index contributed by atoms with van der Waals surface area (Å²) >= 11 is 0. The van der Waals surface area contributed by atoms with E-state index < -0.39 is 6.04 Å². The summed E-state index contributed by atoms with van der Waals surface area (Å²) in [5.41, 5.74) is 2.18. The maximum atomic E-state index is 11.8. The van der Waals surface area contributed by atoms with Gasteiger partial charge in [-0.1, -0.05) is 43.3 Å². The molecule has 2 fully saturated rings. The zero-order chi connectivity index (χ0) is 18.3. The lowest BCUT2D eigenvalue weighted by molar-refractivity contribution is -0.122. The number of aromatic nitrogens is 2. The fraction of sp³-hybridized carbons (Fsp3) is 0.444. The van der Waals surface area contributed by atoms with Crippen LogP contribution in [-0.4, -0.2) is 57.6 Å². The zero-order valence-corrected chi connectivity index (χ0v) is 14.8. The topological polar surface area (TPSA) is 91.6 Å². The van der Waals surface area contributed by atoms with Gasteiger partial charge in [-0.25, -0.2) is 4.79 Å². The van der Waals surface area contributed by atoms with E-state index >= 15 is 0 Å². The van der Waals surface area contributed by atoms with Crippen molar-refractivity contribution in [2.24, 2.45) is 0 Å².